The van der Waals surface area contributed by atoms with E-state index < -0.39 is 0 Å². The zero-order chi connectivity index (χ0) is 12.9. The largest absolute Gasteiger partial charge is 0.268 e. The summed E-state index contributed by atoms with van der Waals surface area (Å²) < 4.78 is 0.777. The van der Waals surface area contributed by atoms with E-state index in [9.17, 15) is 9.59 Å². The number of halogens is 1. The van der Waals surface area contributed by atoms with Gasteiger partial charge in [-0.05, 0) is 25.1 Å². The number of aromatic nitrogens is 1. The Morgan fingerprint density at radius 3 is 2.61 bits per heavy atom. The highest BCUT2D eigenvalue weighted by Gasteiger charge is 2.38. The highest BCUT2D eigenvalue weighted by Crippen LogP contribution is 2.31. The first kappa shape index (κ1) is 11.6. The van der Waals surface area contributed by atoms with Crippen LogP contribution in [0.15, 0.2) is 28.1 Å². The second kappa shape index (κ2) is 4.00. The van der Waals surface area contributed by atoms with Crippen LogP contribution in [0.5, 0.6) is 0 Å². The van der Waals surface area contributed by atoms with Gasteiger partial charge >= 0.3 is 0 Å². The summed E-state index contributed by atoms with van der Waals surface area (Å²) in [6, 6.07) is 5.07. The molecule has 0 radical (unpaired) electrons. The Hall–Kier alpha value is -1.53. The summed E-state index contributed by atoms with van der Waals surface area (Å²) in [5.74, 6) is -0.623. The van der Waals surface area contributed by atoms with Crippen molar-refractivity contribution in [2.24, 2.45) is 0 Å². The van der Waals surface area contributed by atoms with Crippen LogP contribution in [-0.2, 0) is 0 Å². The Morgan fingerprint density at radius 1 is 1.22 bits per heavy atom. The second-order valence-electron chi connectivity index (χ2n) is 3.91. The molecule has 2 aromatic rings. The first-order chi connectivity index (χ1) is 8.58. The third-order valence-electron chi connectivity index (χ3n) is 2.65. The quantitative estimate of drug-likeness (QED) is 0.758. The molecule has 2 heterocycles. The number of thiazole rings is 1. The third-order valence-corrected chi connectivity index (χ3v) is 4.08. The summed E-state index contributed by atoms with van der Waals surface area (Å²) in [5.41, 5.74) is 1.64. The normalized spacial score (nSPS) is 14.2. The van der Waals surface area contributed by atoms with Gasteiger partial charge in [-0.25, -0.2) is 9.88 Å². The van der Waals surface area contributed by atoms with Crippen LogP contribution in [0.4, 0.5) is 5.13 Å². The summed E-state index contributed by atoms with van der Waals surface area (Å²) in [6.07, 6.45) is 0. The molecule has 0 N–H and O–H groups in total. The first-order valence-electron chi connectivity index (χ1n) is 5.18. The molecule has 90 valence electrons. The standard InChI is InChI=1S/C12H7BrN2O2S/c1-6-5-18-12(14-6)15-10(16)8-3-2-7(13)4-9(8)11(15)17/h2-5H,1H3. The molecule has 0 bridgehead atoms. The smallest absolute Gasteiger partial charge is 0.268 e. The fourth-order valence-electron chi connectivity index (χ4n) is 1.83. The number of hydrogen-bond donors (Lipinski definition) is 0. The molecule has 18 heavy (non-hydrogen) atoms. The predicted octanol–water partition coefficient (Wildman–Crippen LogP) is 3.01. The van der Waals surface area contributed by atoms with E-state index >= 15 is 0 Å². The maximum Gasteiger partial charge on any atom is 0.268 e. The molecule has 0 spiro atoms. The fourth-order valence-corrected chi connectivity index (χ4v) is 2.99. The van der Waals surface area contributed by atoms with E-state index in [0.29, 0.717) is 16.3 Å². The number of carbonyl (C=O) groups is 2. The van der Waals surface area contributed by atoms with Gasteiger partial charge < -0.3 is 0 Å². The van der Waals surface area contributed by atoms with Crippen molar-refractivity contribution in [2.75, 3.05) is 4.90 Å². The number of rotatable bonds is 1. The second-order valence-corrected chi connectivity index (χ2v) is 5.66. The Labute approximate surface area is 115 Å². The van der Waals surface area contributed by atoms with E-state index in [1.54, 1.807) is 18.2 Å². The lowest BCUT2D eigenvalue weighted by molar-refractivity contribution is 0.0926. The topological polar surface area (TPSA) is 50.3 Å². The van der Waals surface area contributed by atoms with Crippen LogP contribution < -0.4 is 4.90 Å². The van der Waals surface area contributed by atoms with E-state index in [0.717, 1.165) is 15.1 Å². The van der Waals surface area contributed by atoms with Crippen LogP contribution >= 0.6 is 27.3 Å². The van der Waals surface area contributed by atoms with E-state index in [-0.39, 0.29) is 11.8 Å². The van der Waals surface area contributed by atoms with Crippen molar-refractivity contribution < 1.29 is 9.59 Å². The number of hydrogen-bond acceptors (Lipinski definition) is 4. The molecule has 4 nitrogen and oxygen atoms in total. The lowest BCUT2D eigenvalue weighted by Crippen LogP contribution is -2.29. The van der Waals surface area contributed by atoms with E-state index in [1.165, 1.54) is 11.3 Å². The van der Waals surface area contributed by atoms with E-state index in [1.807, 2.05) is 12.3 Å². The van der Waals surface area contributed by atoms with Crippen molar-refractivity contribution in [2.45, 2.75) is 6.92 Å². The Bertz CT molecular complexity index is 680. The minimum Gasteiger partial charge on any atom is -0.268 e. The summed E-state index contributed by atoms with van der Waals surface area (Å²) in [7, 11) is 0. The molecule has 1 aliphatic rings. The van der Waals surface area contributed by atoms with Crippen molar-refractivity contribution in [3.8, 4) is 0 Å². The van der Waals surface area contributed by atoms with Gasteiger partial charge in [-0.1, -0.05) is 15.9 Å². The van der Waals surface area contributed by atoms with Crippen molar-refractivity contribution in [3.05, 3.63) is 44.9 Å². The van der Waals surface area contributed by atoms with Crippen LogP contribution in [0.1, 0.15) is 26.4 Å². The van der Waals surface area contributed by atoms with Crippen molar-refractivity contribution in [3.63, 3.8) is 0 Å². The molecular weight excluding hydrogens is 316 g/mol. The van der Waals surface area contributed by atoms with Crippen LogP contribution in [0.25, 0.3) is 0 Å². The fraction of sp³-hybridized carbons (Fsp3) is 0.0833. The predicted molar refractivity (Wildman–Crippen MR) is 72.1 cm³/mol. The van der Waals surface area contributed by atoms with Crippen molar-refractivity contribution >= 4 is 44.2 Å². The number of imide groups is 1. The van der Waals surface area contributed by atoms with Crippen LogP contribution in [0.3, 0.4) is 0 Å². The lowest BCUT2D eigenvalue weighted by atomic mass is 10.1. The molecule has 0 saturated carbocycles. The number of nitrogens with zero attached hydrogens (tertiary/aromatic N) is 2. The average Bonchev–Trinajstić information content (AvgIpc) is 2.84. The molecule has 0 fully saturated rings. The maximum absolute atomic E-state index is 12.2. The van der Waals surface area contributed by atoms with Gasteiger partial charge in [-0.15, -0.1) is 11.3 Å². The van der Waals surface area contributed by atoms with Crippen molar-refractivity contribution in [1.82, 2.24) is 4.98 Å². The number of fused-ring (bicyclic) bond motifs is 1. The van der Waals surface area contributed by atoms with Gasteiger partial charge in [0.1, 0.15) is 0 Å². The molecular formula is C12H7BrN2O2S. The monoisotopic (exact) mass is 322 g/mol. The third kappa shape index (κ3) is 1.60. The summed E-state index contributed by atoms with van der Waals surface area (Å²) in [6.45, 7) is 1.83. The van der Waals surface area contributed by atoms with Crippen molar-refractivity contribution in [1.29, 1.82) is 0 Å². The van der Waals surface area contributed by atoms with Gasteiger partial charge in [0.05, 0.1) is 16.8 Å². The number of carbonyl (C=O) groups excluding carboxylic acids is 2. The molecule has 0 aliphatic carbocycles. The highest BCUT2D eigenvalue weighted by atomic mass is 79.9. The maximum atomic E-state index is 12.2. The Kier molecular flexibility index (Phi) is 2.57. The first-order valence-corrected chi connectivity index (χ1v) is 6.85. The molecule has 1 aromatic carbocycles. The molecule has 2 amide bonds. The zero-order valence-corrected chi connectivity index (χ0v) is 11.7. The molecule has 1 aromatic heterocycles. The van der Waals surface area contributed by atoms with Gasteiger partial charge in [-0.2, -0.15) is 0 Å². The SMILES string of the molecule is Cc1csc(N2C(=O)c3ccc(Br)cc3C2=O)n1. The van der Waals surface area contributed by atoms with E-state index in [2.05, 4.69) is 20.9 Å². The summed E-state index contributed by atoms with van der Waals surface area (Å²) in [5, 5.41) is 2.24. The van der Waals surface area contributed by atoms with Crippen LogP contribution in [-0.4, -0.2) is 16.8 Å². The molecule has 0 unspecified atom stereocenters. The molecule has 1 aliphatic heterocycles. The molecule has 0 atom stereocenters. The minimum atomic E-state index is -0.314. The van der Waals surface area contributed by atoms with Gasteiger partial charge in [0, 0.05) is 9.85 Å². The van der Waals surface area contributed by atoms with Gasteiger partial charge in [0.25, 0.3) is 11.8 Å². The zero-order valence-electron chi connectivity index (χ0n) is 9.31. The van der Waals surface area contributed by atoms with E-state index in [4.69, 9.17) is 0 Å². The van der Waals surface area contributed by atoms with Crippen LogP contribution in [0.2, 0.25) is 0 Å². The number of amides is 2. The summed E-state index contributed by atoms with van der Waals surface area (Å²) >= 11 is 4.59. The number of aryl methyl sites for hydroxylation is 1. The molecule has 6 heteroatoms. The Balaban J connectivity index is 2.12. The van der Waals surface area contributed by atoms with Crippen LogP contribution in [0, 0.1) is 6.92 Å². The molecule has 0 saturated heterocycles. The number of benzene rings is 1. The lowest BCUT2D eigenvalue weighted by Gasteiger charge is -2.08. The Morgan fingerprint density at radius 2 is 1.94 bits per heavy atom. The summed E-state index contributed by atoms with van der Waals surface area (Å²) in [4.78, 5) is 29.7. The van der Waals surface area contributed by atoms with Gasteiger partial charge in [0.2, 0.25) is 0 Å². The number of anilines is 1. The molecule has 3 rings (SSSR count). The minimum absolute atomic E-state index is 0.308. The van der Waals surface area contributed by atoms with Gasteiger partial charge in [0.15, 0.2) is 5.13 Å². The highest BCUT2D eigenvalue weighted by molar-refractivity contribution is 9.10. The average molecular weight is 323 g/mol. The van der Waals surface area contributed by atoms with Gasteiger partial charge in [-0.3, -0.25) is 9.59 Å².